The van der Waals surface area contributed by atoms with Gasteiger partial charge in [0.2, 0.25) is 5.91 Å². The topological polar surface area (TPSA) is 110 Å². The molecule has 1 aromatic rings. The van der Waals surface area contributed by atoms with Gasteiger partial charge in [-0.3, -0.25) is 9.59 Å². The quantitative estimate of drug-likeness (QED) is 0.582. The van der Waals surface area contributed by atoms with Gasteiger partial charge in [-0.15, -0.1) is 0 Å². The SMILES string of the molecule is CNC(=O)c1ccc(N)cc1NC(C(N)=O)C(C)C. The van der Waals surface area contributed by atoms with Crippen LogP contribution in [0.3, 0.4) is 0 Å². The summed E-state index contributed by atoms with van der Waals surface area (Å²) in [6.07, 6.45) is 0. The maximum absolute atomic E-state index is 11.8. The minimum atomic E-state index is -0.565. The highest BCUT2D eigenvalue weighted by molar-refractivity contribution is 6.00. The van der Waals surface area contributed by atoms with Gasteiger partial charge in [-0.1, -0.05) is 13.8 Å². The van der Waals surface area contributed by atoms with Crippen LogP contribution in [0.2, 0.25) is 0 Å². The van der Waals surface area contributed by atoms with Crippen molar-refractivity contribution in [3.05, 3.63) is 23.8 Å². The molecule has 1 unspecified atom stereocenters. The van der Waals surface area contributed by atoms with Crippen molar-refractivity contribution in [2.45, 2.75) is 19.9 Å². The molecule has 0 bridgehead atoms. The monoisotopic (exact) mass is 264 g/mol. The van der Waals surface area contributed by atoms with E-state index in [-0.39, 0.29) is 11.8 Å². The van der Waals surface area contributed by atoms with Crippen LogP contribution in [0, 0.1) is 5.92 Å². The number of nitrogens with one attached hydrogen (secondary N) is 2. The second-order valence-corrected chi connectivity index (χ2v) is 4.65. The number of anilines is 2. The van der Waals surface area contributed by atoms with Crippen molar-refractivity contribution < 1.29 is 9.59 Å². The number of amides is 2. The van der Waals surface area contributed by atoms with Crippen molar-refractivity contribution in [2.75, 3.05) is 18.1 Å². The van der Waals surface area contributed by atoms with Crippen molar-refractivity contribution in [1.29, 1.82) is 0 Å². The number of hydrogen-bond donors (Lipinski definition) is 4. The van der Waals surface area contributed by atoms with Crippen molar-refractivity contribution in [3.8, 4) is 0 Å². The molecule has 0 fully saturated rings. The summed E-state index contributed by atoms with van der Waals surface area (Å²) in [6.45, 7) is 3.74. The van der Waals surface area contributed by atoms with E-state index in [0.29, 0.717) is 16.9 Å². The van der Waals surface area contributed by atoms with Crippen LogP contribution < -0.4 is 22.1 Å². The Morgan fingerprint density at radius 2 is 1.89 bits per heavy atom. The van der Waals surface area contributed by atoms with Crippen LogP contribution in [0.15, 0.2) is 18.2 Å². The largest absolute Gasteiger partial charge is 0.399 e. The summed E-state index contributed by atoms with van der Waals surface area (Å²) >= 11 is 0. The number of hydrogen-bond acceptors (Lipinski definition) is 4. The van der Waals surface area contributed by atoms with Crippen molar-refractivity contribution in [3.63, 3.8) is 0 Å². The zero-order valence-electron chi connectivity index (χ0n) is 11.4. The molecule has 0 radical (unpaired) electrons. The molecule has 0 heterocycles. The maximum atomic E-state index is 11.8. The van der Waals surface area contributed by atoms with E-state index in [1.54, 1.807) is 18.2 Å². The van der Waals surface area contributed by atoms with E-state index in [0.717, 1.165) is 0 Å². The fraction of sp³-hybridized carbons (Fsp3) is 0.385. The maximum Gasteiger partial charge on any atom is 0.253 e. The Balaban J connectivity index is 3.14. The molecular weight excluding hydrogens is 244 g/mol. The Morgan fingerprint density at radius 1 is 1.26 bits per heavy atom. The lowest BCUT2D eigenvalue weighted by atomic mass is 10.0. The van der Waals surface area contributed by atoms with Gasteiger partial charge < -0.3 is 22.1 Å². The Bertz CT molecular complexity index is 486. The van der Waals surface area contributed by atoms with Crippen LogP contribution in [0.5, 0.6) is 0 Å². The molecule has 0 aromatic heterocycles. The summed E-state index contributed by atoms with van der Waals surface area (Å²) in [7, 11) is 1.54. The summed E-state index contributed by atoms with van der Waals surface area (Å²) in [5.74, 6) is -0.730. The smallest absolute Gasteiger partial charge is 0.253 e. The molecule has 0 aliphatic carbocycles. The van der Waals surface area contributed by atoms with Gasteiger partial charge >= 0.3 is 0 Å². The van der Waals surface area contributed by atoms with E-state index in [1.807, 2.05) is 13.8 Å². The van der Waals surface area contributed by atoms with Gasteiger partial charge in [0, 0.05) is 18.4 Å². The number of carbonyl (C=O) groups excluding carboxylic acids is 2. The first-order valence-corrected chi connectivity index (χ1v) is 6.04. The van der Waals surface area contributed by atoms with Crippen LogP contribution in [0.4, 0.5) is 11.4 Å². The fourth-order valence-corrected chi connectivity index (χ4v) is 1.75. The lowest BCUT2D eigenvalue weighted by molar-refractivity contribution is -0.119. The third kappa shape index (κ3) is 3.61. The summed E-state index contributed by atoms with van der Waals surface area (Å²) in [6, 6.07) is 4.28. The number of nitrogens with two attached hydrogens (primary N) is 2. The van der Waals surface area contributed by atoms with Gasteiger partial charge in [0.05, 0.1) is 5.56 Å². The molecule has 0 saturated heterocycles. The Hall–Kier alpha value is -2.24. The fourth-order valence-electron chi connectivity index (χ4n) is 1.75. The molecule has 6 nitrogen and oxygen atoms in total. The van der Waals surface area contributed by atoms with Crippen LogP contribution in [0.25, 0.3) is 0 Å². The summed E-state index contributed by atoms with van der Waals surface area (Å²) in [4.78, 5) is 23.2. The van der Waals surface area contributed by atoms with Gasteiger partial charge in [0.1, 0.15) is 6.04 Å². The predicted molar refractivity (Wildman–Crippen MR) is 75.7 cm³/mol. The van der Waals surface area contributed by atoms with E-state index < -0.39 is 11.9 Å². The van der Waals surface area contributed by atoms with Gasteiger partial charge in [-0.2, -0.15) is 0 Å². The van der Waals surface area contributed by atoms with E-state index in [9.17, 15) is 9.59 Å². The first kappa shape index (κ1) is 14.8. The normalized spacial score (nSPS) is 12.0. The highest BCUT2D eigenvalue weighted by Gasteiger charge is 2.21. The lowest BCUT2D eigenvalue weighted by Crippen LogP contribution is -2.40. The third-order valence-electron chi connectivity index (χ3n) is 2.80. The molecule has 6 heteroatoms. The van der Waals surface area contributed by atoms with Crippen LogP contribution in [0.1, 0.15) is 24.2 Å². The number of primary amides is 1. The summed E-state index contributed by atoms with van der Waals surface area (Å²) < 4.78 is 0. The number of nitrogen functional groups attached to an aromatic ring is 1. The number of carbonyl (C=O) groups is 2. The molecule has 1 rings (SSSR count). The van der Waals surface area contributed by atoms with Gasteiger partial charge in [-0.25, -0.2) is 0 Å². The van der Waals surface area contributed by atoms with Crippen molar-refractivity contribution in [1.82, 2.24) is 5.32 Å². The van der Waals surface area contributed by atoms with Crippen molar-refractivity contribution in [2.24, 2.45) is 11.7 Å². The lowest BCUT2D eigenvalue weighted by Gasteiger charge is -2.22. The molecule has 104 valence electrons. The summed E-state index contributed by atoms with van der Waals surface area (Å²) in [5.41, 5.74) is 12.5. The molecule has 1 aromatic carbocycles. The molecular formula is C13H20N4O2. The highest BCUT2D eigenvalue weighted by Crippen LogP contribution is 2.21. The molecule has 6 N–H and O–H groups in total. The molecule has 0 aliphatic rings. The molecule has 1 atom stereocenters. The Labute approximate surface area is 112 Å². The van der Waals surface area contributed by atoms with Crippen LogP contribution >= 0.6 is 0 Å². The molecule has 0 aliphatic heterocycles. The van der Waals surface area contributed by atoms with E-state index >= 15 is 0 Å². The van der Waals surface area contributed by atoms with Crippen LogP contribution in [-0.4, -0.2) is 24.9 Å². The zero-order chi connectivity index (χ0) is 14.6. The average molecular weight is 264 g/mol. The minimum absolute atomic E-state index is 0.00327. The van der Waals surface area contributed by atoms with Gasteiger partial charge in [0.15, 0.2) is 0 Å². The standard InChI is InChI=1S/C13H20N4O2/c1-7(2)11(12(15)18)17-10-6-8(14)4-5-9(10)13(19)16-3/h4-7,11,17H,14H2,1-3H3,(H2,15,18)(H,16,19). The molecule has 19 heavy (non-hydrogen) atoms. The predicted octanol–water partition coefficient (Wildman–Crippen LogP) is 0.550. The van der Waals surface area contributed by atoms with Crippen molar-refractivity contribution >= 4 is 23.2 Å². The van der Waals surface area contributed by atoms with Gasteiger partial charge in [-0.05, 0) is 24.1 Å². The highest BCUT2D eigenvalue weighted by atomic mass is 16.2. The van der Waals surface area contributed by atoms with Gasteiger partial charge in [0.25, 0.3) is 5.91 Å². The summed E-state index contributed by atoms with van der Waals surface area (Å²) in [5, 5.41) is 5.52. The number of rotatable bonds is 5. The van der Waals surface area contributed by atoms with E-state index in [4.69, 9.17) is 11.5 Å². The Kier molecular flexibility index (Phi) is 4.74. The molecule has 2 amide bonds. The third-order valence-corrected chi connectivity index (χ3v) is 2.80. The van der Waals surface area contributed by atoms with E-state index in [2.05, 4.69) is 10.6 Å². The zero-order valence-corrected chi connectivity index (χ0v) is 11.4. The Morgan fingerprint density at radius 3 is 2.37 bits per heavy atom. The van der Waals surface area contributed by atoms with E-state index in [1.165, 1.54) is 7.05 Å². The molecule has 0 saturated carbocycles. The second kappa shape index (κ2) is 6.08. The first-order chi connectivity index (χ1) is 8.86. The molecule has 0 spiro atoms. The average Bonchev–Trinajstić information content (AvgIpc) is 2.34. The first-order valence-electron chi connectivity index (χ1n) is 6.04. The number of benzene rings is 1. The minimum Gasteiger partial charge on any atom is -0.399 e. The van der Waals surface area contributed by atoms with Crippen LogP contribution in [-0.2, 0) is 4.79 Å². The second-order valence-electron chi connectivity index (χ2n) is 4.65.